The van der Waals surface area contributed by atoms with Gasteiger partial charge in [-0.1, -0.05) is 13.3 Å². The van der Waals surface area contributed by atoms with Crippen molar-refractivity contribution >= 4 is 5.97 Å². The number of carbonyl (C=O) groups is 1. The third-order valence-corrected chi connectivity index (χ3v) is 2.61. The predicted molar refractivity (Wildman–Crippen MR) is 61.6 cm³/mol. The molecule has 0 aliphatic heterocycles. The fraction of sp³-hybridized carbons (Fsp3) is 0.500. The van der Waals surface area contributed by atoms with Crippen LogP contribution >= 0.6 is 0 Å². The highest BCUT2D eigenvalue weighted by Crippen LogP contribution is 2.22. The number of aromatic amines is 1. The molecule has 96 valence electrons. The molecule has 2 heterocycles. The van der Waals surface area contributed by atoms with Crippen LogP contribution in [0.3, 0.4) is 0 Å². The van der Waals surface area contributed by atoms with Crippen molar-refractivity contribution in [2.24, 2.45) is 0 Å². The number of carboxylic acid groups (broad SMARTS) is 1. The van der Waals surface area contributed by atoms with Crippen molar-refractivity contribution in [1.82, 2.24) is 30.4 Å². The van der Waals surface area contributed by atoms with Gasteiger partial charge in [-0.25, -0.2) is 4.68 Å². The van der Waals surface area contributed by atoms with E-state index in [1.807, 2.05) is 6.92 Å². The van der Waals surface area contributed by atoms with Crippen LogP contribution in [0.2, 0.25) is 0 Å². The summed E-state index contributed by atoms with van der Waals surface area (Å²) in [6.45, 7) is 2.00. The normalized spacial score (nSPS) is 12.5. The van der Waals surface area contributed by atoms with Gasteiger partial charge in [-0.2, -0.15) is 5.10 Å². The second-order valence-electron chi connectivity index (χ2n) is 3.96. The Kier molecular flexibility index (Phi) is 3.66. The first-order valence-corrected chi connectivity index (χ1v) is 5.71. The minimum atomic E-state index is -0.862. The lowest BCUT2D eigenvalue weighted by molar-refractivity contribution is -0.138. The molecule has 18 heavy (non-hydrogen) atoms. The molecular formula is C10H14N6O2. The number of aliphatic carboxylic acids is 1. The van der Waals surface area contributed by atoms with Gasteiger partial charge in [0.1, 0.15) is 5.69 Å². The van der Waals surface area contributed by atoms with Crippen molar-refractivity contribution in [2.45, 2.75) is 32.2 Å². The Morgan fingerprint density at radius 3 is 3.06 bits per heavy atom. The summed E-state index contributed by atoms with van der Waals surface area (Å²) in [5.41, 5.74) is 0.673. The topological polar surface area (TPSA) is 110 Å². The molecule has 0 saturated heterocycles. The second kappa shape index (κ2) is 5.39. The summed E-state index contributed by atoms with van der Waals surface area (Å²) < 4.78 is 1.55. The molecule has 1 atom stereocenters. The smallest absolute Gasteiger partial charge is 0.305 e. The lowest BCUT2D eigenvalue weighted by Gasteiger charge is -2.14. The summed E-state index contributed by atoms with van der Waals surface area (Å²) in [4.78, 5) is 10.9. The standard InChI is InChI=1S/C10H14N6O2/c1-2-3-7(6-9(17)18)16-10(13-14-15-16)8-4-5-11-12-8/h4-5,7H,2-3,6H2,1H3,(H,11,12)(H,17,18). The van der Waals surface area contributed by atoms with Crippen molar-refractivity contribution in [3.8, 4) is 11.5 Å². The molecular weight excluding hydrogens is 236 g/mol. The largest absolute Gasteiger partial charge is 0.481 e. The minimum absolute atomic E-state index is 0.0000170. The second-order valence-corrected chi connectivity index (χ2v) is 3.96. The molecule has 0 amide bonds. The van der Waals surface area contributed by atoms with Crippen LogP contribution in [0.4, 0.5) is 0 Å². The predicted octanol–water partition coefficient (Wildman–Crippen LogP) is 0.879. The van der Waals surface area contributed by atoms with E-state index in [2.05, 4.69) is 25.7 Å². The number of aromatic nitrogens is 6. The molecule has 1 unspecified atom stereocenters. The molecule has 2 rings (SSSR count). The molecule has 8 heteroatoms. The van der Waals surface area contributed by atoms with Crippen LogP contribution in [-0.4, -0.2) is 41.5 Å². The maximum absolute atomic E-state index is 10.9. The van der Waals surface area contributed by atoms with Crippen LogP contribution in [0.25, 0.3) is 11.5 Å². The number of rotatable bonds is 6. The van der Waals surface area contributed by atoms with Gasteiger partial charge in [0.25, 0.3) is 0 Å². The van der Waals surface area contributed by atoms with Gasteiger partial charge in [-0.3, -0.25) is 9.89 Å². The van der Waals surface area contributed by atoms with Gasteiger partial charge < -0.3 is 5.11 Å². The number of hydrogen-bond acceptors (Lipinski definition) is 5. The van der Waals surface area contributed by atoms with Crippen LogP contribution in [0.5, 0.6) is 0 Å². The van der Waals surface area contributed by atoms with Crippen LogP contribution in [-0.2, 0) is 4.79 Å². The highest BCUT2D eigenvalue weighted by atomic mass is 16.4. The molecule has 0 aliphatic carbocycles. The van der Waals surface area contributed by atoms with Gasteiger partial charge in [0.05, 0.1) is 12.5 Å². The van der Waals surface area contributed by atoms with E-state index in [0.29, 0.717) is 17.9 Å². The van der Waals surface area contributed by atoms with E-state index in [9.17, 15) is 4.79 Å². The average Bonchev–Trinajstić information content (AvgIpc) is 2.98. The van der Waals surface area contributed by atoms with Gasteiger partial charge >= 0.3 is 5.97 Å². The van der Waals surface area contributed by atoms with E-state index >= 15 is 0 Å². The number of hydrogen-bond donors (Lipinski definition) is 2. The quantitative estimate of drug-likeness (QED) is 0.787. The van der Waals surface area contributed by atoms with E-state index in [0.717, 1.165) is 6.42 Å². The summed E-state index contributed by atoms with van der Waals surface area (Å²) in [5, 5.41) is 26.9. The third-order valence-electron chi connectivity index (χ3n) is 2.61. The molecule has 2 aromatic heterocycles. The zero-order valence-electron chi connectivity index (χ0n) is 9.94. The Labute approximate surface area is 103 Å². The Hall–Kier alpha value is -2.25. The fourth-order valence-electron chi connectivity index (χ4n) is 1.84. The van der Waals surface area contributed by atoms with Crippen LogP contribution in [0.1, 0.15) is 32.2 Å². The number of nitrogens with one attached hydrogen (secondary N) is 1. The Balaban J connectivity index is 2.30. The molecule has 0 fully saturated rings. The Morgan fingerprint density at radius 1 is 1.61 bits per heavy atom. The lowest BCUT2D eigenvalue weighted by Crippen LogP contribution is -2.16. The molecule has 2 N–H and O–H groups in total. The van der Waals surface area contributed by atoms with Crippen molar-refractivity contribution in [3.63, 3.8) is 0 Å². The van der Waals surface area contributed by atoms with Crippen molar-refractivity contribution in [3.05, 3.63) is 12.3 Å². The summed E-state index contributed by atoms with van der Waals surface area (Å²) in [6, 6.07) is 1.49. The molecule has 0 saturated carbocycles. The summed E-state index contributed by atoms with van der Waals surface area (Å²) in [5.74, 6) is -0.355. The third kappa shape index (κ3) is 2.53. The van der Waals surface area contributed by atoms with Crippen LogP contribution in [0, 0.1) is 0 Å². The summed E-state index contributed by atoms with van der Waals surface area (Å²) in [7, 11) is 0. The van der Waals surface area contributed by atoms with Gasteiger partial charge in [0.15, 0.2) is 5.82 Å². The number of tetrazole rings is 1. The molecule has 8 nitrogen and oxygen atoms in total. The first kappa shape index (κ1) is 12.2. The molecule has 2 aromatic rings. The van der Waals surface area contributed by atoms with Crippen molar-refractivity contribution in [2.75, 3.05) is 0 Å². The highest BCUT2D eigenvalue weighted by Gasteiger charge is 2.21. The van der Waals surface area contributed by atoms with Gasteiger partial charge in [-0.05, 0) is 22.9 Å². The zero-order chi connectivity index (χ0) is 13.0. The van der Waals surface area contributed by atoms with E-state index in [-0.39, 0.29) is 12.5 Å². The van der Waals surface area contributed by atoms with Crippen molar-refractivity contribution < 1.29 is 9.90 Å². The molecule has 0 radical (unpaired) electrons. The average molecular weight is 250 g/mol. The fourth-order valence-corrected chi connectivity index (χ4v) is 1.84. The number of H-pyrrole nitrogens is 1. The number of nitrogens with zero attached hydrogens (tertiary/aromatic N) is 5. The maximum Gasteiger partial charge on any atom is 0.305 e. The SMILES string of the molecule is CCCC(CC(=O)O)n1nnnc1-c1ccn[nH]1. The van der Waals surface area contributed by atoms with E-state index in [4.69, 9.17) is 5.11 Å². The highest BCUT2D eigenvalue weighted by molar-refractivity contribution is 5.67. The lowest BCUT2D eigenvalue weighted by atomic mass is 10.1. The molecule has 0 bridgehead atoms. The summed E-state index contributed by atoms with van der Waals surface area (Å²) in [6.07, 6.45) is 3.17. The Bertz CT molecular complexity index is 506. The van der Waals surface area contributed by atoms with Gasteiger partial charge in [-0.15, -0.1) is 5.10 Å². The molecule has 0 aromatic carbocycles. The van der Waals surface area contributed by atoms with Crippen molar-refractivity contribution in [1.29, 1.82) is 0 Å². The van der Waals surface area contributed by atoms with Gasteiger partial charge in [0.2, 0.25) is 0 Å². The van der Waals surface area contributed by atoms with Gasteiger partial charge in [0, 0.05) is 6.20 Å². The minimum Gasteiger partial charge on any atom is -0.481 e. The zero-order valence-corrected chi connectivity index (χ0v) is 9.94. The van der Waals surface area contributed by atoms with E-state index in [1.165, 1.54) is 0 Å². The molecule has 0 aliphatic rings. The maximum atomic E-state index is 10.9. The number of carboxylic acids is 1. The first-order valence-electron chi connectivity index (χ1n) is 5.71. The van der Waals surface area contributed by atoms with E-state index in [1.54, 1.807) is 16.9 Å². The van der Waals surface area contributed by atoms with E-state index < -0.39 is 5.97 Å². The van der Waals surface area contributed by atoms with Crippen LogP contribution in [0.15, 0.2) is 12.3 Å². The first-order chi connectivity index (χ1) is 8.72. The summed E-state index contributed by atoms with van der Waals surface area (Å²) >= 11 is 0. The van der Waals surface area contributed by atoms with Crippen LogP contribution < -0.4 is 0 Å². The monoisotopic (exact) mass is 250 g/mol. The Morgan fingerprint density at radius 2 is 2.44 bits per heavy atom. The molecule has 0 spiro atoms.